The molecule has 1 aromatic heterocycles. The van der Waals surface area contributed by atoms with Gasteiger partial charge in [-0.3, -0.25) is 9.59 Å². The van der Waals surface area contributed by atoms with E-state index in [-0.39, 0.29) is 18.4 Å². The fourth-order valence-corrected chi connectivity index (χ4v) is 5.36. The van der Waals surface area contributed by atoms with Gasteiger partial charge in [0.25, 0.3) is 5.91 Å². The Kier molecular flexibility index (Phi) is 7.29. The van der Waals surface area contributed by atoms with E-state index >= 15 is 0 Å². The zero-order valence-corrected chi connectivity index (χ0v) is 19.7. The van der Waals surface area contributed by atoms with Crippen LogP contribution in [0.4, 0.5) is 5.13 Å². The molecule has 1 aliphatic carbocycles. The number of hydrogen-bond donors (Lipinski definition) is 2. The van der Waals surface area contributed by atoms with Crippen LogP contribution in [0, 0.1) is 22.8 Å². The zero-order chi connectivity index (χ0) is 24.0. The summed E-state index contributed by atoms with van der Waals surface area (Å²) in [6.45, 7) is 2.86. The van der Waals surface area contributed by atoms with Crippen LogP contribution in [0.15, 0.2) is 29.6 Å². The number of aromatic nitrogens is 1. The van der Waals surface area contributed by atoms with Crippen molar-refractivity contribution in [2.24, 2.45) is 0 Å². The lowest BCUT2D eigenvalue weighted by Gasteiger charge is -2.36. The molecule has 9 nitrogen and oxygen atoms in total. The summed E-state index contributed by atoms with van der Waals surface area (Å²) in [4.78, 5) is 34.4. The largest absolute Gasteiger partial charge is 0.344 e. The van der Waals surface area contributed by atoms with Crippen LogP contribution < -0.4 is 15.5 Å². The van der Waals surface area contributed by atoms with Crippen molar-refractivity contribution in [3.05, 3.63) is 35.2 Å². The summed E-state index contributed by atoms with van der Waals surface area (Å²) in [6, 6.07) is 9.15. The molecule has 2 aromatic rings. The predicted octanol–water partition coefficient (Wildman–Crippen LogP) is 2.49. The molecular formula is C24H27N7O2S. The molecule has 10 heteroatoms. The van der Waals surface area contributed by atoms with Crippen LogP contribution >= 0.6 is 11.3 Å². The van der Waals surface area contributed by atoms with Gasteiger partial charge in [0.05, 0.1) is 11.8 Å². The molecule has 2 heterocycles. The number of hydrogen-bond acceptors (Lipinski definition) is 8. The van der Waals surface area contributed by atoms with Crippen LogP contribution in [-0.4, -0.2) is 60.0 Å². The smallest absolute Gasteiger partial charge is 0.252 e. The number of piperazine rings is 1. The molecule has 0 atom stereocenters. The molecule has 2 aliphatic rings. The van der Waals surface area contributed by atoms with Gasteiger partial charge in [0.2, 0.25) is 5.91 Å². The van der Waals surface area contributed by atoms with Crippen molar-refractivity contribution >= 4 is 28.3 Å². The van der Waals surface area contributed by atoms with Crippen molar-refractivity contribution < 1.29 is 9.59 Å². The number of carbonyl (C=O) groups excluding carboxylic acids is 2. The molecule has 0 bridgehead atoms. The van der Waals surface area contributed by atoms with E-state index < -0.39 is 5.54 Å². The third-order valence-corrected chi connectivity index (χ3v) is 7.35. The van der Waals surface area contributed by atoms with Gasteiger partial charge in [-0.25, -0.2) is 4.98 Å². The van der Waals surface area contributed by atoms with Crippen molar-refractivity contribution in [3.8, 4) is 23.5 Å². The van der Waals surface area contributed by atoms with Crippen LogP contribution in [0.3, 0.4) is 0 Å². The molecule has 1 saturated carbocycles. The third-order valence-electron chi connectivity index (χ3n) is 6.45. The van der Waals surface area contributed by atoms with E-state index in [1.165, 1.54) is 0 Å². The maximum absolute atomic E-state index is 13.0. The van der Waals surface area contributed by atoms with Gasteiger partial charge < -0.3 is 20.4 Å². The highest BCUT2D eigenvalue weighted by molar-refractivity contribution is 7.14. The number of nitrogens with zero attached hydrogens (tertiary/aromatic N) is 5. The summed E-state index contributed by atoms with van der Waals surface area (Å²) in [7, 11) is 0. The minimum absolute atomic E-state index is 0.0746. The fraction of sp³-hybridized carbons (Fsp3) is 0.458. The van der Waals surface area contributed by atoms with Gasteiger partial charge in [0, 0.05) is 42.7 Å². The normalized spacial score (nSPS) is 17.4. The molecule has 4 rings (SSSR count). The van der Waals surface area contributed by atoms with Gasteiger partial charge in [-0.2, -0.15) is 10.5 Å². The molecular weight excluding hydrogens is 450 g/mol. The molecule has 2 N–H and O–H groups in total. The van der Waals surface area contributed by atoms with Crippen molar-refractivity contribution in [2.45, 2.75) is 37.6 Å². The Morgan fingerprint density at radius 3 is 2.41 bits per heavy atom. The second-order valence-electron chi connectivity index (χ2n) is 8.60. The minimum atomic E-state index is -0.968. The Bertz CT molecular complexity index is 1100. The number of benzene rings is 1. The number of amides is 2. The fourth-order valence-electron chi connectivity index (χ4n) is 4.47. The number of nitriles is 2. The summed E-state index contributed by atoms with van der Waals surface area (Å²) in [5.41, 5.74) is 1.26. The Hall–Kier alpha value is -3.63. The van der Waals surface area contributed by atoms with E-state index in [2.05, 4.69) is 21.7 Å². The molecule has 176 valence electrons. The molecule has 0 unspecified atom stereocenters. The second-order valence-corrected chi connectivity index (χ2v) is 9.44. The van der Waals surface area contributed by atoms with Crippen molar-refractivity contribution in [2.75, 3.05) is 37.6 Å². The molecule has 34 heavy (non-hydrogen) atoms. The van der Waals surface area contributed by atoms with Crippen molar-refractivity contribution in [1.29, 1.82) is 10.5 Å². The average Bonchev–Trinajstić information content (AvgIpc) is 3.38. The SMILES string of the molecule is N#CCNC(=O)C1(NC(=O)c2ccc(-c3csc(N4CCN(C#N)CC4)n3)cc2)CCCCC1. The lowest BCUT2D eigenvalue weighted by Crippen LogP contribution is -2.59. The van der Waals surface area contributed by atoms with Crippen molar-refractivity contribution in [3.63, 3.8) is 0 Å². The first-order valence-electron chi connectivity index (χ1n) is 11.5. The maximum Gasteiger partial charge on any atom is 0.252 e. The minimum Gasteiger partial charge on any atom is -0.344 e. The average molecular weight is 478 g/mol. The van der Waals surface area contributed by atoms with E-state index in [0.717, 1.165) is 48.7 Å². The van der Waals surface area contributed by atoms with Crippen molar-refractivity contribution in [1.82, 2.24) is 20.5 Å². The first-order chi connectivity index (χ1) is 16.5. The van der Waals surface area contributed by atoms with Crippen LogP contribution in [0.2, 0.25) is 0 Å². The first kappa shape index (κ1) is 23.5. The Balaban J connectivity index is 1.43. The molecule has 0 radical (unpaired) electrons. The van der Waals surface area contributed by atoms with E-state index in [4.69, 9.17) is 15.5 Å². The van der Waals surface area contributed by atoms with Gasteiger partial charge >= 0.3 is 0 Å². The molecule has 1 aromatic carbocycles. The topological polar surface area (TPSA) is 125 Å². The van der Waals surface area contributed by atoms with Gasteiger partial charge in [-0.05, 0) is 25.0 Å². The van der Waals surface area contributed by atoms with Crippen LogP contribution in [0.25, 0.3) is 11.3 Å². The first-order valence-corrected chi connectivity index (χ1v) is 12.4. The van der Waals surface area contributed by atoms with Crippen LogP contribution in [-0.2, 0) is 4.79 Å². The van der Waals surface area contributed by atoms with E-state index in [0.29, 0.717) is 31.5 Å². The number of nitrogens with one attached hydrogen (secondary N) is 2. The summed E-state index contributed by atoms with van der Waals surface area (Å²) < 4.78 is 0. The highest BCUT2D eigenvalue weighted by Gasteiger charge is 2.40. The number of anilines is 1. The van der Waals surface area contributed by atoms with Gasteiger partial charge in [0.15, 0.2) is 11.3 Å². The van der Waals surface area contributed by atoms with Gasteiger partial charge in [-0.1, -0.05) is 31.4 Å². The van der Waals surface area contributed by atoms with Crippen LogP contribution in [0.5, 0.6) is 0 Å². The Morgan fingerprint density at radius 2 is 1.76 bits per heavy atom. The molecule has 1 aliphatic heterocycles. The molecule has 2 fully saturated rings. The standard InChI is InChI=1S/C24H27N7O2S/c25-10-11-27-22(33)24(8-2-1-3-9-24)29-21(32)19-6-4-18(5-7-19)20-16-34-23(28-20)31-14-12-30(17-26)13-15-31/h4-7,16H,1-3,8-9,11-15H2,(H,27,33)(H,29,32). The zero-order valence-electron chi connectivity index (χ0n) is 18.9. The predicted molar refractivity (Wildman–Crippen MR) is 129 cm³/mol. The number of carbonyl (C=O) groups is 2. The van der Waals surface area contributed by atoms with Gasteiger partial charge in [0.1, 0.15) is 12.1 Å². The van der Waals surface area contributed by atoms with Gasteiger partial charge in [-0.15, -0.1) is 11.3 Å². The summed E-state index contributed by atoms with van der Waals surface area (Å²) in [5.74, 6) is -0.584. The quantitative estimate of drug-likeness (QED) is 0.484. The van der Waals surface area contributed by atoms with E-state index in [9.17, 15) is 9.59 Å². The lowest BCUT2D eigenvalue weighted by atomic mass is 9.80. The summed E-state index contributed by atoms with van der Waals surface area (Å²) in [5, 5.41) is 26.3. The maximum atomic E-state index is 13.0. The number of rotatable bonds is 6. The molecule has 2 amide bonds. The lowest BCUT2D eigenvalue weighted by molar-refractivity contribution is -0.128. The molecule has 1 saturated heterocycles. The monoisotopic (exact) mass is 477 g/mol. The summed E-state index contributed by atoms with van der Waals surface area (Å²) in [6.07, 6.45) is 6.07. The Labute approximate surface area is 203 Å². The van der Waals surface area contributed by atoms with Crippen LogP contribution in [0.1, 0.15) is 42.5 Å². The Morgan fingerprint density at radius 1 is 1.06 bits per heavy atom. The highest BCUT2D eigenvalue weighted by atomic mass is 32.1. The summed E-state index contributed by atoms with van der Waals surface area (Å²) >= 11 is 1.57. The van der Waals surface area contributed by atoms with E-state index in [1.54, 1.807) is 28.4 Å². The second kappa shape index (κ2) is 10.5. The number of thiazole rings is 1. The highest BCUT2D eigenvalue weighted by Crippen LogP contribution is 2.30. The molecule has 0 spiro atoms. The third kappa shape index (κ3) is 5.13. The van der Waals surface area contributed by atoms with E-state index in [1.807, 2.05) is 23.6 Å².